The molecule has 3 nitrogen and oxygen atoms in total. The lowest BCUT2D eigenvalue weighted by atomic mass is 10.2. The molecule has 5 heteroatoms. The second-order valence-corrected chi connectivity index (χ2v) is 5.01. The molecule has 1 aromatic rings. The van der Waals surface area contributed by atoms with Crippen molar-refractivity contribution >= 4 is 45.2 Å². The third kappa shape index (κ3) is 2.27. The maximum absolute atomic E-state index is 5.33. The van der Waals surface area contributed by atoms with Gasteiger partial charge in [-0.25, -0.2) is 0 Å². The average Bonchev–Trinajstić information content (AvgIpc) is 2.25. The molecule has 0 bridgehead atoms. The van der Waals surface area contributed by atoms with Crippen molar-refractivity contribution in [3.05, 3.63) is 12.7 Å². The molecule has 0 aliphatic carbocycles. The molecule has 0 aliphatic rings. The summed E-state index contributed by atoms with van der Waals surface area (Å²) in [6.45, 7) is 2.04. The van der Waals surface area contributed by atoms with Crippen molar-refractivity contribution in [2.45, 2.75) is 6.92 Å². The van der Waals surface area contributed by atoms with Gasteiger partial charge in [0, 0.05) is 0 Å². The Balaban J connectivity index is 3.59. The Labute approximate surface area is 117 Å². The van der Waals surface area contributed by atoms with Gasteiger partial charge in [0.2, 0.25) is 5.75 Å². The minimum atomic E-state index is 0.652. The van der Waals surface area contributed by atoms with Gasteiger partial charge in [-0.05, 0) is 57.7 Å². The summed E-state index contributed by atoms with van der Waals surface area (Å²) in [6, 6.07) is 0. The largest absolute Gasteiger partial charge is 0.492 e. The molecule has 84 valence electrons. The lowest BCUT2D eigenvalue weighted by Gasteiger charge is -2.17. The summed E-state index contributed by atoms with van der Waals surface area (Å²) in [5.74, 6) is 2.11. The van der Waals surface area contributed by atoms with Gasteiger partial charge in [-0.3, -0.25) is 0 Å². The Hall–Kier alpha value is 0.0800. The van der Waals surface area contributed by atoms with Crippen LogP contribution < -0.4 is 14.2 Å². The summed E-state index contributed by atoms with van der Waals surface area (Å²) in [7, 11) is 4.87. The molecule has 1 aromatic carbocycles. The highest BCUT2D eigenvalue weighted by Gasteiger charge is 2.21. The summed E-state index contributed by atoms with van der Waals surface area (Å²) >= 11 is 4.49. The molecular weight excluding hydrogens is 422 g/mol. The fourth-order valence-electron chi connectivity index (χ4n) is 1.29. The van der Waals surface area contributed by atoms with Crippen LogP contribution >= 0.6 is 45.2 Å². The number of rotatable bonds is 3. The van der Waals surface area contributed by atoms with Gasteiger partial charge in [-0.2, -0.15) is 0 Å². The minimum Gasteiger partial charge on any atom is -0.492 e. The van der Waals surface area contributed by atoms with E-state index in [0.717, 1.165) is 24.2 Å². The Morgan fingerprint density at radius 1 is 0.733 bits per heavy atom. The van der Waals surface area contributed by atoms with Gasteiger partial charge >= 0.3 is 0 Å². The van der Waals surface area contributed by atoms with Crippen LogP contribution in [0.25, 0.3) is 0 Å². The smallest absolute Gasteiger partial charge is 0.205 e. The Kier molecular flexibility index (Phi) is 4.75. The van der Waals surface area contributed by atoms with Crippen LogP contribution in [0.15, 0.2) is 0 Å². The zero-order valence-corrected chi connectivity index (χ0v) is 13.3. The Morgan fingerprint density at radius 3 is 1.33 bits per heavy atom. The number of halogens is 2. The van der Waals surface area contributed by atoms with Crippen molar-refractivity contribution < 1.29 is 14.2 Å². The van der Waals surface area contributed by atoms with Crippen molar-refractivity contribution in [3.8, 4) is 17.2 Å². The molecule has 0 atom stereocenters. The lowest BCUT2D eigenvalue weighted by molar-refractivity contribution is 0.321. The standard InChI is InChI=1S/C10H12I2O3/c1-5-6(11)8(13-2)10(15-4)9(14-3)7(5)12/h1-4H3. The molecule has 0 radical (unpaired) electrons. The van der Waals surface area contributed by atoms with Crippen molar-refractivity contribution in [2.75, 3.05) is 21.3 Å². The summed E-state index contributed by atoms with van der Waals surface area (Å²) in [6.07, 6.45) is 0. The third-order valence-corrected chi connectivity index (χ3v) is 4.68. The molecule has 0 saturated heterocycles. The van der Waals surface area contributed by atoms with Crippen molar-refractivity contribution in [1.82, 2.24) is 0 Å². The molecular formula is C10H12I2O3. The van der Waals surface area contributed by atoms with Gasteiger partial charge in [0.05, 0.1) is 28.5 Å². The van der Waals surface area contributed by atoms with Gasteiger partial charge in [-0.15, -0.1) is 0 Å². The van der Waals surface area contributed by atoms with Crippen LogP contribution in [0.3, 0.4) is 0 Å². The predicted molar refractivity (Wildman–Crippen MR) is 76.3 cm³/mol. The maximum Gasteiger partial charge on any atom is 0.205 e. The van der Waals surface area contributed by atoms with Gasteiger partial charge in [-0.1, -0.05) is 0 Å². The van der Waals surface area contributed by atoms with Crippen molar-refractivity contribution in [1.29, 1.82) is 0 Å². The van der Waals surface area contributed by atoms with E-state index in [4.69, 9.17) is 14.2 Å². The molecule has 0 aromatic heterocycles. The number of hydrogen-bond donors (Lipinski definition) is 0. The van der Waals surface area contributed by atoms with Crippen LogP contribution in [0.5, 0.6) is 17.2 Å². The zero-order chi connectivity index (χ0) is 11.6. The second-order valence-electron chi connectivity index (χ2n) is 2.85. The van der Waals surface area contributed by atoms with Crippen LogP contribution in [0.2, 0.25) is 0 Å². The van der Waals surface area contributed by atoms with E-state index in [9.17, 15) is 0 Å². The normalized spacial score (nSPS) is 10.0. The zero-order valence-electron chi connectivity index (χ0n) is 8.98. The average molecular weight is 434 g/mol. The first kappa shape index (κ1) is 13.1. The first-order valence-electron chi connectivity index (χ1n) is 4.22. The first-order valence-corrected chi connectivity index (χ1v) is 6.37. The minimum absolute atomic E-state index is 0.652. The van der Waals surface area contributed by atoms with Crippen molar-refractivity contribution in [2.24, 2.45) is 0 Å². The summed E-state index contributed by atoms with van der Waals surface area (Å²) in [5.41, 5.74) is 1.14. The van der Waals surface area contributed by atoms with E-state index in [0.29, 0.717) is 5.75 Å². The highest BCUT2D eigenvalue weighted by molar-refractivity contribution is 14.1. The van der Waals surface area contributed by atoms with Crippen LogP contribution in [0, 0.1) is 14.1 Å². The monoisotopic (exact) mass is 434 g/mol. The van der Waals surface area contributed by atoms with E-state index >= 15 is 0 Å². The summed E-state index contributed by atoms with van der Waals surface area (Å²) in [5, 5.41) is 0. The second kappa shape index (κ2) is 5.42. The Bertz CT molecular complexity index is 346. The number of methoxy groups -OCH3 is 3. The molecule has 15 heavy (non-hydrogen) atoms. The fraction of sp³-hybridized carbons (Fsp3) is 0.400. The molecule has 0 amide bonds. The highest BCUT2D eigenvalue weighted by atomic mass is 127. The molecule has 0 aliphatic heterocycles. The van der Waals surface area contributed by atoms with Crippen LogP contribution in [-0.4, -0.2) is 21.3 Å². The van der Waals surface area contributed by atoms with Crippen molar-refractivity contribution in [3.63, 3.8) is 0 Å². The molecule has 0 N–H and O–H groups in total. The highest BCUT2D eigenvalue weighted by Crippen LogP contribution is 2.45. The van der Waals surface area contributed by atoms with E-state index in [2.05, 4.69) is 45.2 Å². The summed E-state index contributed by atoms with van der Waals surface area (Å²) < 4.78 is 18.1. The summed E-state index contributed by atoms with van der Waals surface area (Å²) in [4.78, 5) is 0. The molecule has 0 spiro atoms. The molecule has 0 heterocycles. The number of ether oxygens (including phenoxy) is 3. The topological polar surface area (TPSA) is 27.7 Å². The van der Waals surface area contributed by atoms with Crippen LogP contribution in [0.4, 0.5) is 0 Å². The van der Waals surface area contributed by atoms with E-state index in [-0.39, 0.29) is 0 Å². The van der Waals surface area contributed by atoms with Gasteiger partial charge < -0.3 is 14.2 Å². The predicted octanol–water partition coefficient (Wildman–Crippen LogP) is 3.23. The van der Waals surface area contributed by atoms with E-state index < -0.39 is 0 Å². The van der Waals surface area contributed by atoms with Crippen LogP contribution in [0.1, 0.15) is 5.56 Å². The fourth-order valence-corrected chi connectivity index (χ4v) is 3.28. The number of hydrogen-bond acceptors (Lipinski definition) is 3. The molecule has 1 rings (SSSR count). The third-order valence-electron chi connectivity index (χ3n) is 2.08. The molecule has 0 saturated carbocycles. The van der Waals surface area contributed by atoms with E-state index in [1.54, 1.807) is 21.3 Å². The van der Waals surface area contributed by atoms with E-state index in [1.807, 2.05) is 6.92 Å². The molecule has 0 unspecified atom stereocenters. The maximum atomic E-state index is 5.33. The first-order chi connectivity index (χ1) is 7.08. The van der Waals surface area contributed by atoms with Gasteiger partial charge in [0.25, 0.3) is 0 Å². The lowest BCUT2D eigenvalue weighted by Crippen LogP contribution is -2.01. The van der Waals surface area contributed by atoms with E-state index in [1.165, 1.54) is 0 Å². The van der Waals surface area contributed by atoms with Gasteiger partial charge in [0.1, 0.15) is 0 Å². The Morgan fingerprint density at radius 2 is 1.07 bits per heavy atom. The number of benzene rings is 1. The van der Waals surface area contributed by atoms with Crippen LogP contribution in [-0.2, 0) is 0 Å². The van der Waals surface area contributed by atoms with Gasteiger partial charge in [0.15, 0.2) is 11.5 Å². The molecule has 0 fully saturated rings. The quantitative estimate of drug-likeness (QED) is 0.685. The SMILES string of the molecule is COc1c(I)c(C)c(I)c(OC)c1OC.